The summed E-state index contributed by atoms with van der Waals surface area (Å²) in [6, 6.07) is 0. The molecule has 0 saturated heterocycles. The molecule has 3 nitrogen and oxygen atoms in total. The minimum Gasteiger partial charge on any atom is -0.368 e. The molecule has 0 aliphatic carbocycles. The molecule has 0 aromatic rings. The monoisotopic (exact) mass is 186 g/mol. The van der Waals surface area contributed by atoms with Gasteiger partial charge in [0.1, 0.15) is 5.54 Å². The summed E-state index contributed by atoms with van der Waals surface area (Å²) in [6.07, 6.45) is 0. The van der Waals surface area contributed by atoms with Gasteiger partial charge in [0.15, 0.2) is 0 Å². The minimum absolute atomic E-state index is 0.328. The highest BCUT2D eigenvalue weighted by Gasteiger charge is 2.36. The number of nitrogens with zero attached hydrogens (tertiary/aromatic N) is 1. The number of carbonyl (C=O) groups is 1. The average molecular weight is 186 g/mol. The molecule has 2 N–H and O–H groups in total. The summed E-state index contributed by atoms with van der Waals surface area (Å²) in [6.45, 7) is 5.93. The van der Waals surface area contributed by atoms with Gasteiger partial charge in [0, 0.05) is 11.7 Å². The molecule has 1 atom stereocenters. The van der Waals surface area contributed by atoms with Crippen LogP contribution in [0.5, 0.6) is 0 Å². The summed E-state index contributed by atoms with van der Waals surface area (Å²) < 4.78 is 0. The van der Waals surface area contributed by atoms with Gasteiger partial charge in [0.2, 0.25) is 5.91 Å². The second-order valence-corrected chi connectivity index (χ2v) is 4.53. The van der Waals surface area contributed by atoms with Crippen LogP contribution < -0.4 is 5.73 Å². The highest BCUT2D eigenvalue weighted by atomic mass is 32.2. The second kappa shape index (κ2) is 3.09. The van der Waals surface area contributed by atoms with Crippen LogP contribution in [-0.4, -0.2) is 22.2 Å². The summed E-state index contributed by atoms with van der Waals surface area (Å²) in [7, 11) is 0. The Balaban J connectivity index is 2.82. The third-order valence-electron chi connectivity index (χ3n) is 1.88. The number of carbonyl (C=O) groups excluding carboxylic acids is 1. The standard InChI is InChI=1S/C8H14N2OS/c1-5(2)6-10-8(3,4-12-6)7(9)11/h5H,4H2,1-3H3,(H2,9,11)/t8-/m1/s1. The Bertz CT molecular complexity index is 237. The van der Waals surface area contributed by atoms with E-state index in [4.69, 9.17) is 5.73 Å². The molecule has 1 amide bonds. The molecule has 0 bridgehead atoms. The van der Waals surface area contributed by atoms with Crippen molar-refractivity contribution in [2.24, 2.45) is 16.6 Å². The van der Waals surface area contributed by atoms with Gasteiger partial charge in [-0.3, -0.25) is 9.79 Å². The number of hydrogen-bond donors (Lipinski definition) is 1. The number of hydrogen-bond acceptors (Lipinski definition) is 3. The van der Waals surface area contributed by atoms with Crippen LogP contribution in [0.3, 0.4) is 0 Å². The largest absolute Gasteiger partial charge is 0.368 e. The van der Waals surface area contributed by atoms with Crippen LogP contribution in [0.1, 0.15) is 20.8 Å². The number of rotatable bonds is 2. The zero-order chi connectivity index (χ0) is 9.35. The molecule has 0 aromatic heterocycles. The van der Waals surface area contributed by atoms with Gasteiger partial charge in [-0.05, 0) is 6.92 Å². The van der Waals surface area contributed by atoms with Crippen molar-refractivity contribution in [2.75, 3.05) is 5.75 Å². The molecule has 0 spiro atoms. The first-order valence-corrected chi connectivity index (χ1v) is 4.97. The molecule has 0 unspecified atom stereocenters. The maximum Gasteiger partial charge on any atom is 0.245 e. The molecule has 1 heterocycles. The summed E-state index contributed by atoms with van der Waals surface area (Å²) in [5.74, 6) is 0.761. The highest BCUT2D eigenvalue weighted by Crippen LogP contribution is 2.30. The van der Waals surface area contributed by atoms with Gasteiger partial charge in [0.05, 0.1) is 5.04 Å². The lowest BCUT2D eigenvalue weighted by Gasteiger charge is -2.13. The molecule has 0 aromatic carbocycles. The van der Waals surface area contributed by atoms with Crippen LogP contribution in [0.15, 0.2) is 4.99 Å². The van der Waals surface area contributed by atoms with Crippen molar-refractivity contribution in [3.63, 3.8) is 0 Å². The van der Waals surface area contributed by atoms with E-state index < -0.39 is 5.54 Å². The van der Waals surface area contributed by atoms with Crippen molar-refractivity contribution in [3.8, 4) is 0 Å². The van der Waals surface area contributed by atoms with E-state index in [0.29, 0.717) is 11.7 Å². The molecule has 1 aliphatic heterocycles. The van der Waals surface area contributed by atoms with Crippen LogP contribution in [-0.2, 0) is 4.79 Å². The van der Waals surface area contributed by atoms with Crippen molar-refractivity contribution in [1.82, 2.24) is 0 Å². The van der Waals surface area contributed by atoms with Crippen molar-refractivity contribution in [2.45, 2.75) is 26.3 Å². The Morgan fingerprint density at radius 1 is 1.75 bits per heavy atom. The minimum atomic E-state index is -0.662. The number of amides is 1. The predicted molar refractivity (Wildman–Crippen MR) is 52.3 cm³/mol. The highest BCUT2D eigenvalue weighted by molar-refractivity contribution is 8.14. The topological polar surface area (TPSA) is 55.4 Å². The van der Waals surface area contributed by atoms with E-state index in [1.807, 2.05) is 0 Å². The first-order chi connectivity index (χ1) is 5.46. The molecular weight excluding hydrogens is 172 g/mol. The van der Waals surface area contributed by atoms with Crippen molar-refractivity contribution in [1.29, 1.82) is 0 Å². The number of primary amides is 1. The Labute approximate surface area is 76.8 Å². The molecule has 0 fully saturated rings. The van der Waals surface area contributed by atoms with Gasteiger partial charge in [-0.2, -0.15) is 0 Å². The van der Waals surface area contributed by atoms with Crippen LogP contribution in [0.25, 0.3) is 0 Å². The Morgan fingerprint density at radius 2 is 2.33 bits per heavy atom. The lowest BCUT2D eigenvalue weighted by atomic mass is 10.1. The molecular formula is C8H14N2OS. The Kier molecular flexibility index (Phi) is 2.46. The Hall–Kier alpha value is -0.510. The molecule has 68 valence electrons. The molecule has 0 radical (unpaired) electrons. The molecule has 0 saturated carbocycles. The third-order valence-corrected chi connectivity index (χ3v) is 3.45. The van der Waals surface area contributed by atoms with Gasteiger partial charge in [0.25, 0.3) is 0 Å². The number of aliphatic imine (C=N–C) groups is 1. The van der Waals surface area contributed by atoms with Crippen molar-refractivity contribution >= 4 is 22.7 Å². The summed E-state index contributed by atoms with van der Waals surface area (Å²) >= 11 is 1.63. The second-order valence-electron chi connectivity index (χ2n) is 3.53. The van der Waals surface area contributed by atoms with Crippen molar-refractivity contribution < 1.29 is 4.79 Å². The molecule has 4 heteroatoms. The smallest absolute Gasteiger partial charge is 0.245 e. The lowest BCUT2D eigenvalue weighted by molar-refractivity contribution is -0.121. The third kappa shape index (κ3) is 1.63. The summed E-state index contributed by atoms with van der Waals surface area (Å²) in [5.41, 5.74) is 4.57. The number of thioether (sulfide) groups is 1. The van der Waals surface area contributed by atoms with Gasteiger partial charge in [-0.15, -0.1) is 11.8 Å². The van der Waals surface area contributed by atoms with Gasteiger partial charge < -0.3 is 5.73 Å². The van der Waals surface area contributed by atoms with E-state index in [2.05, 4.69) is 18.8 Å². The zero-order valence-corrected chi connectivity index (χ0v) is 8.44. The molecule has 12 heavy (non-hydrogen) atoms. The van der Waals surface area contributed by atoms with E-state index in [0.717, 1.165) is 5.04 Å². The lowest BCUT2D eigenvalue weighted by Crippen LogP contribution is -2.39. The van der Waals surface area contributed by atoms with Crippen LogP contribution >= 0.6 is 11.8 Å². The number of nitrogens with two attached hydrogens (primary N) is 1. The normalized spacial score (nSPS) is 29.2. The predicted octanol–water partition coefficient (Wildman–Crippen LogP) is 1.03. The molecule has 1 aliphatic rings. The van der Waals surface area contributed by atoms with Gasteiger partial charge >= 0.3 is 0 Å². The van der Waals surface area contributed by atoms with Crippen LogP contribution in [0.2, 0.25) is 0 Å². The zero-order valence-electron chi connectivity index (χ0n) is 7.63. The maximum atomic E-state index is 11.0. The Morgan fingerprint density at radius 3 is 2.58 bits per heavy atom. The SMILES string of the molecule is CC(C)C1=N[C@@](C)(C(N)=O)CS1. The first kappa shape index (κ1) is 9.58. The fourth-order valence-corrected chi connectivity index (χ4v) is 2.18. The van der Waals surface area contributed by atoms with E-state index >= 15 is 0 Å². The van der Waals surface area contributed by atoms with E-state index in [-0.39, 0.29) is 5.91 Å². The fourth-order valence-electron chi connectivity index (χ4n) is 0.944. The maximum absolute atomic E-state index is 11.0. The summed E-state index contributed by atoms with van der Waals surface area (Å²) in [4.78, 5) is 15.3. The van der Waals surface area contributed by atoms with Gasteiger partial charge in [-0.1, -0.05) is 13.8 Å². The van der Waals surface area contributed by atoms with E-state index in [9.17, 15) is 4.79 Å². The van der Waals surface area contributed by atoms with Crippen molar-refractivity contribution in [3.05, 3.63) is 0 Å². The van der Waals surface area contributed by atoms with E-state index in [1.54, 1.807) is 18.7 Å². The quantitative estimate of drug-likeness (QED) is 0.700. The molecule has 1 rings (SSSR count). The van der Waals surface area contributed by atoms with Crippen LogP contribution in [0, 0.1) is 5.92 Å². The fraction of sp³-hybridized carbons (Fsp3) is 0.750. The van der Waals surface area contributed by atoms with Gasteiger partial charge in [-0.25, -0.2) is 0 Å². The van der Waals surface area contributed by atoms with Crippen LogP contribution in [0.4, 0.5) is 0 Å². The first-order valence-electron chi connectivity index (χ1n) is 3.98. The average Bonchev–Trinajstić information content (AvgIpc) is 2.33. The summed E-state index contributed by atoms with van der Waals surface area (Å²) in [5, 5.41) is 1.04. The van der Waals surface area contributed by atoms with E-state index in [1.165, 1.54) is 0 Å².